The Labute approximate surface area is 104 Å². The molecule has 0 saturated carbocycles. The highest BCUT2D eigenvalue weighted by Gasteiger charge is 2.10. The summed E-state index contributed by atoms with van der Waals surface area (Å²) in [4.78, 5) is 10.7. The van der Waals surface area contributed by atoms with E-state index in [2.05, 4.69) is 10.2 Å². The Hall–Kier alpha value is -2.43. The molecule has 90 valence electrons. The van der Waals surface area contributed by atoms with E-state index in [1.807, 2.05) is 30.8 Å². The third kappa shape index (κ3) is 1.52. The number of aldehydes is 1. The SMILES string of the molecule is Cc1c(-c2cc3cc(C=O)ccn3n2)cnn1C. The van der Waals surface area contributed by atoms with Crippen molar-refractivity contribution >= 4 is 11.8 Å². The first-order chi connectivity index (χ1) is 8.69. The third-order valence-corrected chi connectivity index (χ3v) is 3.13. The standard InChI is InChI=1S/C13H12N4O/c1-9-12(7-14-16(9)2)13-6-11-5-10(8-18)3-4-17(11)15-13/h3-8H,1-2H3. The number of fused-ring (bicyclic) bond motifs is 1. The maximum absolute atomic E-state index is 10.7. The van der Waals surface area contributed by atoms with Crippen LogP contribution >= 0.6 is 0 Å². The zero-order valence-corrected chi connectivity index (χ0v) is 10.2. The van der Waals surface area contributed by atoms with Gasteiger partial charge in [-0.1, -0.05) is 0 Å². The van der Waals surface area contributed by atoms with Gasteiger partial charge >= 0.3 is 0 Å². The van der Waals surface area contributed by atoms with Gasteiger partial charge in [-0.05, 0) is 25.1 Å². The number of nitrogens with zero attached hydrogens (tertiary/aromatic N) is 4. The molecular weight excluding hydrogens is 228 g/mol. The lowest BCUT2D eigenvalue weighted by atomic mass is 10.2. The molecular formula is C13H12N4O. The highest BCUT2D eigenvalue weighted by Crippen LogP contribution is 2.22. The van der Waals surface area contributed by atoms with E-state index in [9.17, 15) is 4.79 Å². The maximum Gasteiger partial charge on any atom is 0.150 e. The molecule has 0 spiro atoms. The van der Waals surface area contributed by atoms with Gasteiger partial charge in [0.1, 0.15) is 6.29 Å². The van der Waals surface area contributed by atoms with Crippen LogP contribution < -0.4 is 0 Å². The zero-order valence-electron chi connectivity index (χ0n) is 10.2. The van der Waals surface area contributed by atoms with E-state index in [4.69, 9.17) is 0 Å². The number of aromatic nitrogens is 4. The van der Waals surface area contributed by atoms with Crippen LogP contribution in [0.4, 0.5) is 0 Å². The molecule has 3 aromatic heterocycles. The van der Waals surface area contributed by atoms with E-state index < -0.39 is 0 Å². The van der Waals surface area contributed by atoms with Crippen LogP contribution in [0.3, 0.4) is 0 Å². The number of carbonyl (C=O) groups is 1. The Morgan fingerprint density at radius 3 is 2.83 bits per heavy atom. The Balaban J connectivity index is 2.19. The van der Waals surface area contributed by atoms with Crippen molar-refractivity contribution in [3.8, 4) is 11.3 Å². The second kappa shape index (κ2) is 3.80. The van der Waals surface area contributed by atoms with Crippen LogP contribution in [0.1, 0.15) is 16.1 Å². The fourth-order valence-electron chi connectivity index (χ4n) is 1.97. The largest absolute Gasteiger partial charge is 0.298 e. The van der Waals surface area contributed by atoms with Crippen molar-refractivity contribution in [2.75, 3.05) is 0 Å². The Morgan fingerprint density at radius 1 is 1.33 bits per heavy atom. The minimum absolute atomic E-state index is 0.650. The lowest BCUT2D eigenvalue weighted by Gasteiger charge is -1.95. The van der Waals surface area contributed by atoms with Gasteiger partial charge in [-0.2, -0.15) is 10.2 Å². The van der Waals surface area contributed by atoms with Crippen LogP contribution in [-0.4, -0.2) is 25.7 Å². The van der Waals surface area contributed by atoms with Crippen LogP contribution in [0.15, 0.2) is 30.6 Å². The van der Waals surface area contributed by atoms with Gasteiger partial charge in [0, 0.05) is 30.1 Å². The number of hydrogen-bond acceptors (Lipinski definition) is 3. The summed E-state index contributed by atoms with van der Waals surface area (Å²) in [5, 5.41) is 8.69. The van der Waals surface area contributed by atoms with Gasteiger partial charge in [0.05, 0.1) is 17.4 Å². The number of rotatable bonds is 2. The first-order valence-corrected chi connectivity index (χ1v) is 5.62. The molecule has 0 aliphatic carbocycles. The summed E-state index contributed by atoms with van der Waals surface area (Å²) < 4.78 is 3.57. The van der Waals surface area contributed by atoms with E-state index in [1.165, 1.54) is 0 Å². The molecule has 0 bridgehead atoms. The summed E-state index contributed by atoms with van der Waals surface area (Å²) in [6, 6.07) is 5.51. The summed E-state index contributed by atoms with van der Waals surface area (Å²) in [5.74, 6) is 0. The summed E-state index contributed by atoms with van der Waals surface area (Å²) >= 11 is 0. The number of pyridine rings is 1. The van der Waals surface area contributed by atoms with E-state index in [-0.39, 0.29) is 0 Å². The predicted molar refractivity (Wildman–Crippen MR) is 67.5 cm³/mol. The molecule has 0 unspecified atom stereocenters. The average Bonchev–Trinajstić information content (AvgIpc) is 2.93. The van der Waals surface area contributed by atoms with Crippen LogP contribution in [0, 0.1) is 6.92 Å². The number of carbonyl (C=O) groups excluding carboxylic acids is 1. The average molecular weight is 240 g/mol. The maximum atomic E-state index is 10.7. The van der Waals surface area contributed by atoms with Gasteiger partial charge < -0.3 is 0 Å². The lowest BCUT2D eigenvalue weighted by Crippen LogP contribution is -1.92. The minimum atomic E-state index is 0.650. The van der Waals surface area contributed by atoms with E-state index in [0.717, 1.165) is 28.8 Å². The molecule has 0 aromatic carbocycles. The van der Waals surface area contributed by atoms with Crippen molar-refractivity contribution in [3.05, 3.63) is 41.9 Å². The molecule has 5 nitrogen and oxygen atoms in total. The van der Waals surface area contributed by atoms with E-state index >= 15 is 0 Å². The second-order valence-corrected chi connectivity index (χ2v) is 4.24. The smallest absolute Gasteiger partial charge is 0.150 e. The molecule has 0 amide bonds. The monoisotopic (exact) mass is 240 g/mol. The van der Waals surface area contributed by atoms with Crippen molar-refractivity contribution in [1.29, 1.82) is 0 Å². The molecule has 0 fully saturated rings. The van der Waals surface area contributed by atoms with Gasteiger partial charge in [0.2, 0.25) is 0 Å². The fraction of sp³-hybridized carbons (Fsp3) is 0.154. The highest BCUT2D eigenvalue weighted by molar-refractivity contribution is 5.78. The summed E-state index contributed by atoms with van der Waals surface area (Å²) in [5.41, 5.74) is 4.49. The van der Waals surface area contributed by atoms with Gasteiger partial charge in [0.25, 0.3) is 0 Å². The molecule has 3 heterocycles. The summed E-state index contributed by atoms with van der Waals surface area (Å²) in [6.45, 7) is 2.00. The Morgan fingerprint density at radius 2 is 2.17 bits per heavy atom. The van der Waals surface area contributed by atoms with Crippen LogP contribution in [0.2, 0.25) is 0 Å². The van der Waals surface area contributed by atoms with Crippen LogP contribution in [0.5, 0.6) is 0 Å². The van der Waals surface area contributed by atoms with Crippen LogP contribution in [-0.2, 0) is 7.05 Å². The van der Waals surface area contributed by atoms with Crippen molar-refractivity contribution < 1.29 is 4.79 Å². The molecule has 0 saturated heterocycles. The molecule has 0 N–H and O–H groups in total. The molecule has 0 aliphatic heterocycles. The van der Waals surface area contributed by atoms with Crippen molar-refractivity contribution in [3.63, 3.8) is 0 Å². The first kappa shape index (κ1) is 10.7. The van der Waals surface area contributed by atoms with Crippen molar-refractivity contribution in [2.24, 2.45) is 7.05 Å². The molecule has 0 aliphatic rings. The normalized spacial score (nSPS) is 11.0. The Bertz CT molecular complexity index is 739. The van der Waals surface area contributed by atoms with Gasteiger partial charge in [-0.25, -0.2) is 4.52 Å². The van der Waals surface area contributed by atoms with Gasteiger partial charge in [-0.3, -0.25) is 9.48 Å². The van der Waals surface area contributed by atoms with E-state index in [0.29, 0.717) is 5.56 Å². The van der Waals surface area contributed by atoms with Crippen molar-refractivity contribution in [1.82, 2.24) is 19.4 Å². The van der Waals surface area contributed by atoms with E-state index in [1.54, 1.807) is 23.0 Å². The zero-order chi connectivity index (χ0) is 12.7. The molecule has 18 heavy (non-hydrogen) atoms. The second-order valence-electron chi connectivity index (χ2n) is 4.24. The molecule has 3 aromatic rings. The highest BCUT2D eigenvalue weighted by atomic mass is 16.1. The number of aryl methyl sites for hydroxylation is 1. The predicted octanol–water partition coefficient (Wildman–Crippen LogP) is 1.86. The summed E-state index contributed by atoms with van der Waals surface area (Å²) in [6.07, 6.45) is 4.42. The Kier molecular flexibility index (Phi) is 2.26. The molecule has 0 radical (unpaired) electrons. The molecule has 0 atom stereocenters. The lowest BCUT2D eigenvalue weighted by molar-refractivity contribution is 0.112. The van der Waals surface area contributed by atoms with Gasteiger partial charge in [-0.15, -0.1) is 0 Å². The fourth-order valence-corrected chi connectivity index (χ4v) is 1.97. The molecule has 5 heteroatoms. The quantitative estimate of drug-likeness (QED) is 0.642. The summed E-state index contributed by atoms with van der Waals surface area (Å²) in [7, 11) is 1.90. The van der Waals surface area contributed by atoms with Crippen molar-refractivity contribution in [2.45, 2.75) is 6.92 Å². The van der Waals surface area contributed by atoms with Gasteiger partial charge in [0.15, 0.2) is 0 Å². The topological polar surface area (TPSA) is 52.2 Å². The number of hydrogen-bond donors (Lipinski definition) is 0. The third-order valence-electron chi connectivity index (χ3n) is 3.13. The van der Waals surface area contributed by atoms with Crippen LogP contribution in [0.25, 0.3) is 16.8 Å². The first-order valence-electron chi connectivity index (χ1n) is 5.62. The minimum Gasteiger partial charge on any atom is -0.298 e. The molecule has 3 rings (SSSR count).